The number of rotatable bonds is 7. The largest absolute Gasteiger partial charge is 0.467 e. The number of para-hydroxylation sites is 2. The molecule has 1 aromatic heterocycles. The summed E-state index contributed by atoms with van der Waals surface area (Å²) in [4.78, 5) is 28.3. The second-order valence-electron chi connectivity index (χ2n) is 9.22. The summed E-state index contributed by atoms with van der Waals surface area (Å²) in [5.41, 5.74) is 3.19. The molecule has 0 fully saturated rings. The Balaban J connectivity index is 1.76. The van der Waals surface area contributed by atoms with Crippen molar-refractivity contribution in [3.05, 3.63) is 59.7 Å². The van der Waals surface area contributed by atoms with E-state index in [4.69, 9.17) is 9.15 Å². The number of nitrogens with one attached hydrogen (secondary N) is 2. The molecule has 32 heavy (non-hydrogen) atoms. The van der Waals surface area contributed by atoms with Gasteiger partial charge in [0.2, 0.25) is 5.91 Å². The van der Waals surface area contributed by atoms with E-state index in [2.05, 4.69) is 24.5 Å². The van der Waals surface area contributed by atoms with Crippen LogP contribution in [0.4, 0.5) is 11.4 Å². The number of nitrogens with zero attached hydrogens (tertiary/aromatic N) is 1. The number of ketones is 1. The number of anilines is 2. The van der Waals surface area contributed by atoms with Gasteiger partial charge in [-0.3, -0.25) is 9.59 Å². The Labute approximate surface area is 188 Å². The molecule has 1 aromatic carbocycles. The van der Waals surface area contributed by atoms with Gasteiger partial charge in [0.05, 0.1) is 24.2 Å². The highest BCUT2D eigenvalue weighted by Gasteiger charge is 2.42. The Bertz CT molecular complexity index is 1010. The summed E-state index contributed by atoms with van der Waals surface area (Å²) >= 11 is 0. The van der Waals surface area contributed by atoms with E-state index in [1.165, 1.54) is 0 Å². The Morgan fingerprint density at radius 2 is 2.06 bits per heavy atom. The van der Waals surface area contributed by atoms with Crippen molar-refractivity contribution in [3.63, 3.8) is 0 Å². The second kappa shape index (κ2) is 9.20. The topological polar surface area (TPSA) is 83.8 Å². The molecule has 1 aliphatic carbocycles. The summed E-state index contributed by atoms with van der Waals surface area (Å²) in [7, 11) is 1.64. The number of carbonyl (C=O) groups excluding carboxylic acids is 2. The molecule has 7 heteroatoms. The number of ether oxygens (including phenoxy) is 1. The van der Waals surface area contributed by atoms with Crippen molar-refractivity contribution < 1.29 is 18.7 Å². The van der Waals surface area contributed by atoms with Gasteiger partial charge in [-0.15, -0.1) is 0 Å². The van der Waals surface area contributed by atoms with E-state index >= 15 is 0 Å². The zero-order valence-electron chi connectivity index (χ0n) is 18.9. The summed E-state index contributed by atoms with van der Waals surface area (Å²) in [5.74, 6) is 0.625. The molecule has 0 spiro atoms. The molecule has 1 amide bonds. The number of carbonyl (C=O) groups is 2. The predicted octanol–water partition coefficient (Wildman–Crippen LogP) is 4.05. The van der Waals surface area contributed by atoms with Crippen LogP contribution in [0.15, 0.2) is 58.3 Å². The monoisotopic (exact) mass is 437 g/mol. The highest BCUT2D eigenvalue weighted by Crippen LogP contribution is 2.48. The van der Waals surface area contributed by atoms with Gasteiger partial charge in [0.15, 0.2) is 5.78 Å². The molecule has 0 radical (unpaired) electrons. The quantitative estimate of drug-likeness (QED) is 0.636. The van der Waals surface area contributed by atoms with Crippen molar-refractivity contribution in [2.24, 2.45) is 5.41 Å². The number of amides is 1. The van der Waals surface area contributed by atoms with Crippen LogP contribution in [0.1, 0.15) is 44.9 Å². The van der Waals surface area contributed by atoms with E-state index in [1.54, 1.807) is 13.4 Å². The van der Waals surface area contributed by atoms with Crippen molar-refractivity contribution >= 4 is 23.1 Å². The lowest BCUT2D eigenvalue weighted by Crippen LogP contribution is -2.42. The molecule has 2 N–H and O–H groups in total. The van der Waals surface area contributed by atoms with E-state index in [-0.39, 0.29) is 23.7 Å². The smallest absolute Gasteiger partial charge is 0.239 e. The summed E-state index contributed by atoms with van der Waals surface area (Å²) in [6, 6.07) is 11.1. The summed E-state index contributed by atoms with van der Waals surface area (Å²) in [6.45, 7) is 5.45. The maximum absolute atomic E-state index is 13.4. The third-order valence-corrected chi connectivity index (χ3v) is 5.98. The number of hydrogen-bond donors (Lipinski definition) is 2. The third kappa shape index (κ3) is 4.58. The van der Waals surface area contributed by atoms with Crippen LogP contribution in [0.5, 0.6) is 0 Å². The van der Waals surface area contributed by atoms with Gasteiger partial charge in [-0.25, -0.2) is 0 Å². The first-order valence-corrected chi connectivity index (χ1v) is 11.1. The molecule has 2 aromatic rings. The van der Waals surface area contributed by atoms with Crippen LogP contribution in [0.2, 0.25) is 0 Å². The fourth-order valence-electron chi connectivity index (χ4n) is 4.62. The minimum absolute atomic E-state index is 0.0865. The van der Waals surface area contributed by atoms with Gasteiger partial charge >= 0.3 is 0 Å². The molecule has 4 rings (SSSR count). The minimum atomic E-state index is -0.482. The number of methoxy groups -OCH3 is 1. The highest BCUT2D eigenvalue weighted by atomic mass is 16.5. The maximum atomic E-state index is 13.4. The molecule has 2 heterocycles. The van der Waals surface area contributed by atoms with Crippen LogP contribution in [0.25, 0.3) is 0 Å². The zero-order chi connectivity index (χ0) is 22.7. The van der Waals surface area contributed by atoms with E-state index < -0.39 is 6.04 Å². The first-order valence-electron chi connectivity index (χ1n) is 11.1. The first-order chi connectivity index (χ1) is 15.4. The normalized spacial score (nSPS) is 19.7. The van der Waals surface area contributed by atoms with Crippen LogP contribution < -0.4 is 15.5 Å². The van der Waals surface area contributed by atoms with Gasteiger partial charge in [0.25, 0.3) is 0 Å². The summed E-state index contributed by atoms with van der Waals surface area (Å²) in [5, 5.41) is 6.50. The number of furan rings is 1. The van der Waals surface area contributed by atoms with Gasteiger partial charge < -0.3 is 24.7 Å². The third-order valence-electron chi connectivity index (χ3n) is 5.98. The fourth-order valence-corrected chi connectivity index (χ4v) is 4.62. The summed E-state index contributed by atoms with van der Waals surface area (Å²) < 4.78 is 10.9. The average Bonchev–Trinajstić information content (AvgIpc) is 3.22. The van der Waals surface area contributed by atoms with E-state index in [0.29, 0.717) is 30.9 Å². The fraction of sp³-hybridized carbons (Fsp3) is 0.440. The predicted molar refractivity (Wildman–Crippen MR) is 123 cm³/mol. The van der Waals surface area contributed by atoms with Crippen LogP contribution in [-0.4, -0.2) is 38.5 Å². The van der Waals surface area contributed by atoms with Crippen LogP contribution >= 0.6 is 0 Å². The van der Waals surface area contributed by atoms with Crippen LogP contribution in [0, 0.1) is 5.41 Å². The molecular formula is C25H31N3O4. The Morgan fingerprint density at radius 1 is 1.25 bits per heavy atom. The second-order valence-corrected chi connectivity index (χ2v) is 9.22. The SMILES string of the molecule is COCCCNC(=O)CN1c2ccccc2NC2=C(C(=O)CC(C)(C)C2)C1c1ccco1. The van der Waals surface area contributed by atoms with E-state index in [0.717, 1.165) is 29.9 Å². The minimum Gasteiger partial charge on any atom is -0.467 e. The highest BCUT2D eigenvalue weighted by molar-refractivity contribution is 6.01. The van der Waals surface area contributed by atoms with Gasteiger partial charge in [-0.05, 0) is 42.5 Å². The van der Waals surface area contributed by atoms with Crippen molar-refractivity contribution in [2.45, 2.75) is 39.2 Å². The molecule has 2 aliphatic rings. The molecule has 1 atom stereocenters. The molecule has 170 valence electrons. The lowest BCUT2D eigenvalue weighted by atomic mass is 9.74. The molecule has 7 nitrogen and oxygen atoms in total. The van der Waals surface area contributed by atoms with Crippen LogP contribution in [0.3, 0.4) is 0 Å². The Kier molecular flexibility index (Phi) is 6.37. The van der Waals surface area contributed by atoms with E-state index in [9.17, 15) is 9.59 Å². The number of Topliss-reactive ketones (excluding diaryl/α,β-unsaturated/α-hetero) is 1. The molecular weight excluding hydrogens is 406 g/mol. The lowest BCUT2D eigenvalue weighted by molar-refractivity contribution is -0.120. The lowest BCUT2D eigenvalue weighted by Gasteiger charge is -2.36. The Hall–Kier alpha value is -3.06. The van der Waals surface area contributed by atoms with Crippen molar-refractivity contribution in [1.29, 1.82) is 0 Å². The standard InChI is InChI=1S/C25H31N3O4/c1-25(2)14-18-23(20(29)15-25)24(21-10-6-13-32-21)28(16-22(30)26-11-7-12-31-3)19-9-5-4-8-17(19)27-18/h4-6,8-10,13,24,27H,7,11-12,14-16H2,1-3H3,(H,26,30). The number of allylic oxidation sites excluding steroid dienone is 1. The molecule has 0 bridgehead atoms. The molecule has 1 unspecified atom stereocenters. The van der Waals surface area contributed by atoms with Crippen molar-refractivity contribution in [3.8, 4) is 0 Å². The van der Waals surface area contributed by atoms with Crippen molar-refractivity contribution in [2.75, 3.05) is 37.0 Å². The first kappa shape index (κ1) is 22.1. The van der Waals surface area contributed by atoms with Crippen molar-refractivity contribution in [1.82, 2.24) is 5.32 Å². The van der Waals surface area contributed by atoms with Gasteiger partial charge in [-0.2, -0.15) is 0 Å². The van der Waals surface area contributed by atoms with Crippen LogP contribution in [-0.2, 0) is 14.3 Å². The number of fused-ring (bicyclic) bond motifs is 1. The molecule has 1 aliphatic heterocycles. The zero-order valence-corrected chi connectivity index (χ0v) is 18.9. The molecule has 0 saturated carbocycles. The van der Waals surface area contributed by atoms with E-state index in [1.807, 2.05) is 41.3 Å². The number of benzene rings is 1. The maximum Gasteiger partial charge on any atom is 0.239 e. The molecule has 0 saturated heterocycles. The average molecular weight is 438 g/mol. The number of hydrogen-bond acceptors (Lipinski definition) is 6. The van der Waals surface area contributed by atoms with Gasteiger partial charge in [0, 0.05) is 38.0 Å². The Morgan fingerprint density at radius 3 is 2.81 bits per heavy atom. The van der Waals surface area contributed by atoms with Gasteiger partial charge in [-0.1, -0.05) is 26.0 Å². The van der Waals surface area contributed by atoms with Gasteiger partial charge in [0.1, 0.15) is 11.8 Å². The summed E-state index contributed by atoms with van der Waals surface area (Å²) in [6.07, 6.45) is 3.56.